The van der Waals surface area contributed by atoms with E-state index in [1.807, 2.05) is 152 Å². The first-order valence-electron chi connectivity index (χ1n) is 43.9. The molecular formula is C113H134N4. The van der Waals surface area contributed by atoms with E-state index in [-0.39, 0.29) is 0 Å². The van der Waals surface area contributed by atoms with Crippen molar-refractivity contribution >= 4 is 173 Å². The number of nitrogens with zero attached hydrogens (tertiary/aromatic N) is 4. The van der Waals surface area contributed by atoms with Gasteiger partial charge in [0.15, 0.2) is 0 Å². The van der Waals surface area contributed by atoms with Crippen molar-refractivity contribution < 1.29 is 0 Å². The smallest absolute Gasteiger partial charge is 0.0568 e. The molecule has 0 aliphatic carbocycles. The van der Waals surface area contributed by atoms with Gasteiger partial charge in [-0.3, -0.25) is 0 Å². The van der Waals surface area contributed by atoms with Crippen molar-refractivity contribution in [1.29, 1.82) is 0 Å². The molecule has 0 fully saturated rings. The van der Waals surface area contributed by atoms with Crippen LogP contribution in [-0.4, -0.2) is 18.3 Å². The predicted octanol–water partition coefficient (Wildman–Crippen LogP) is 35.8. The summed E-state index contributed by atoms with van der Waals surface area (Å²) in [7, 11) is 8.59. The Morgan fingerprint density at radius 2 is 0.402 bits per heavy atom. The third-order valence-electron chi connectivity index (χ3n) is 20.1. The molecule has 0 saturated heterocycles. The Labute approximate surface area is 701 Å². The van der Waals surface area contributed by atoms with Gasteiger partial charge in [-0.15, -0.1) is 0 Å². The third-order valence-corrected chi connectivity index (χ3v) is 20.1. The van der Waals surface area contributed by atoms with Crippen LogP contribution in [0.4, 0.5) is 0 Å². The molecule has 0 unspecified atom stereocenters. The first kappa shape index (κ1) is 93.9. The van der Waals surface area contributed by atoms with E-state index >= 15 is 0 Å². The number of hydrogen-bond donors (Lipinski definition) is 0. The fraction of sp³-hybridized carbons (Fsp3) is 0.239. The van der Waals surface area contributed by atoms with Crippen LogP contribution in [0.25, 0.3) is 173 Å². The van der Waals surface area contributed by atoms with Crippen LogP contribution in [0.3, 0.4) is 0 Å². The summed E-state index contributed by atoms with van der Waals surface area (Å²) in [5.41, 5.74) is 11.7. The topological polar surface area (TPSA) is 19.7 Å². The summed E-state index contributed by atoms with van der Waals surface area (Å²) >= 11 is 0. The highest BCUT2D eigenvalue weighted by molar-refractivity contribution is 6.29. The second-order valence-corrected chi connectivity index (χ2v) is 25.4. The zero-order valence-electron chi connectivity index (χ0n) is 75.9. The fourth-order valence-electron chi connectivity index (χ4n) is 15.5. The van der Waals surface area contributed by atoms with Crippen LogP contribution in [0.1, 0.15) is 158 Å². The third kappa shape index (κ3) is 19.6. The van der Waals surface area contributed by atoms with Gasteiger partial charge in [0.1, 0.15) is 0 Å². The second-order valence-electron chi connectivity index (χ2n) is 25.4. The van der Waals surface area contributed by atoms with Crippen molar-refractivity contribution in [3.8, 4) is 0 Å². The Hall–Kier alpha value is -12.0. The molecule has 0 atom stereocenters. The van der Waals surface area contributed by atoms with Gasteiger partial charge in [-0.25, -0.2) is 0 Å². The van der Waals surface area contributed by atoms with Crippen LogP contribution < -0.4 is 0 Å². The van der Waals surface area contributed by atoms with Crippen LogP contribution >= 0.6 is 0 Å². The normalized spacial score (nSPS) is 10.0. The number of benzene rings is 17. The molecule has 606 valence electrons. The van der Waals surface area contributed by atoms with E-state index in [9.17, 15) is 0 Å². The highest BCUT2D eigenvalue weighted by Crippen LogP contribution is 2.41. The highest BCUT2D eigenvalue weighted by Gasteiger charge is 2.16. The summed E-state index contributed by atoms with van der Waals surface area (Å²) < 4.78 is 9.16. The summed E-state index contributed by atoms with van der Waals surface area (Å²) in [6.07, 6.45) is 0. The largest absolute Gasteiger partial charge is 0.344 e. The van der Waals surface area contributed by atoms with E-state index < -0.39 is 0 Å². The molecule has 4 heteroatoms. The molecule has 4 heterocycles. The molecule has 0 N–H and O–H groups in total. The van der Waals surface area contributed by atoms with Gasteiger partial charge in [0.2, 0.25) is 0 Å². The van der Waals surface area contributed by atoms with Crippen molar-refractivity contribution in [3.63, 3.8) is 0 Å². The fourth-order valence-corrected chi connectivity index (χ4v) is 15.5. The SMILES string of the molecule is CC.CC.CC.CC.CC.CC.CC.CC.CC.CC.CC.Cc1ccc2c3ccccc3c3ccccc3c2c1.Cn1c2ccc3ccccc3c2c2c3ccccc3ccc21.Cn1c2ccccc2c2c3ccccc3ccc21.Cn1c2ccccc2c2cc3ccccc3cc21.Cn1c2ccccc2c2ccc3ccccc3c21. The number of hydrogen-bond acceptors (Lipinski definition) is 0. The molecule has 4 nitrogen and oxygen atoms in total. The standard InChI is InChI=1S/C21H15N.C19H14.3C17H13N.11C2H6/c1-22-18-12-10-14-6-2-4-8-16(14)20(18)21-17-9-5-3-7-15(17)11-13-19(21)22;1-13-10-11-18-16-8-3-2-6-14(16)15-7-4-5-9-17(15)19(18)12-13;1-18-16-9-5-4-8-14(16)15-10-12-6-2-3-7-13(12)11-17(15)18;1-18-16-9-5-4-8-14(16)15-11-10-12-6-2-3-7-13(12)17(15)18;1-18-15-9-5-4-8-14(15)17-13-7-3-2-6-12(13)10-11-16(17)18;11*1-2/h2-13H,1H3;2-12H,1H3;3*2-11H,1H3;11*1-2H3. The summed E-state index contributed by atoms with van der Waals surface area (Å²) in [5, 5.41) is 32.0. The number of fused-ring (bicyclic) bond motifs is 27. The maximum atomic E-state index is 2.31. The van der Waals surface area contributed by atoms with E-state index in [1.165, 1.54) is 179 Å². The van der Waals surface area contributed by atoms with Gasteiger partial charge in [-0.2, -0.15) is 0 Å². The van der Waals surface area contributed by atoms with Crippen molar-refractivity contribution in [3.05, 3.63) is 327 Å². The Balaban J connectivity index is 0.000000214. The minimum absolute atomic E-state index is 1.29. The predicted molar refractivity (Wildman–Crippen MR) is 538 cm³/mol. The van der Waals surface area contributed by atoms with Crippen LogP contribution in [0.5, 0.6) is 0 Å². The average Bonchev–Trinajstić information content (AvgIpc) is 1.41. The molecule has 117 heavy (non-hydrogen) atoms. The lowest BCUT2D eigenvalue weighted by atomic mass is 9.93. The van der Waals surface area contributed by atoms with E-state index in [0.29, 0.717) is 0 Å². The van der Waals surface area contributed by atoms with E-state index in [2.05, 4.69) is 375 Å². The highest BCUT2D eigenvalue weighted by atomic mass is 15.0. The molecule has 4 aromatic heterocycles. The lowest BCUT2D eigenvalue weighted by Gasteiger charge is -2.10. The number of aromatic nitrogens is 4. The molecule has 0 radical (unpaired) electrons. The molecule has 0 aliphatic rings. The molecule has 17 aromatic carbocycles. The average molecular weight is 1550 g/mol. The summed E-state index contributed by atoms with van der Waals surface area (Å²) in [4.78, 5) is 0. The summed E-state index contributed by atoms with van der Waals surface area (Å²) in [6, 6.07) is 115. The molecule has 0 aliphatic heterocycles. The molecular weight excluding hydrogens is 1410 g/mol. The Morgan fingerprint density at radius 3 is 0.829 bits per heavy atom. The maximum Gasteiger partial charge on any atom is 0.0568 e. The van der Waals surface area contributed by atoms with E-state index in [1.54, 1.807) is 0 Å². The van der Waals surface area contributed by atoms with Crippen LogP contribution in [0.15, 0.2) is 322 Å². The molecule has 0 saturated carbocycles. The van der Waals surface area contributed by atoms with Gasteiger partial charge in [0.05, 0.1) is 5.52 Å². The van der Waals surface area contributed by atoms with Crippen molar-refractivity contribution in [2.45, 2.75) is 159 Å². The Morgan fingerprint density at radius 1 is 0.145 bits per heavy atom. The Bertz CT molecular complexity index is 6450. The summed E-state index contributed by atoms with van der Waals surface area (Å²) in [6.45, 7) is 46.2. The number of aryl methyl sites for hydroxylation is 5. The first-order chi connectivity index (χ1) is 57.8. The van der Waals surface area contributed by atoms with Gasteiger partial charge < -0.3 is 18.3 Å². The number of rotatable bonds is 0. The lowest BCUT2D eigenvalue weighted by Crippen LogP contribution is -1.87. The molecule has 21 aromatic rings. The molecule has 21 rings (SSSR count). The number of para-hydroxylation sites is 3. The van der Waals surface area contributed by atoms with Gasteiger partial charge >= 0.3 is 0 Å². The molecule has 0 bridgehead atoms. The maximum absolute atomic E-state index is 2.31. The molecule has 0 spiro atoms. The molecule has 0 amide bonds. The minimum Gasteiger partial charge on any atom is -0.344 e. The van der Waals surface area contributed by atoms with E-state index in [0.717, 1.165) is 0 Å². The van der Waals surface area contributed by atoms with Crippen molar-refractivity contribution in [2.24, 2.45) is 28.2 Å². The summed E-state index contributed by atoms with van der Waals surface area (Å²) in [5.74, 6) is 0. The van der Waals surface area contributed by atoms with Crippen molar-refractivity contribution in [1.82, 2.24) is 18.3 Å². The monoisotopic (exact) mass is 1550 g/mol. The quantitative estimate of drug-likeness (QED) is 0.135. The van der Waals surface area contributed by atoms with Crippen LogP contribution in [-0.2, 0) is 28.2 Å². The zero-order valence-corrected chi connectivity index (χ0v) is 75.9. The minimum atomic E-state index is 1.29. The van der Waals surface area contributed by atoms with E-state index in [4.69, 9.17) is 0 Å². The zero-order chi connectivity index (χ0) is 85.8. The second kappa shape index (κ2) is 47.8. The van der Waals surface area contributed by atoms with Gasteiger partial charge in [0, 0.05) is 115 Å². The van der Waals surface area contributed by atoms with Crippen molar-refractivity contribution in [2.75, 3.05) is 0 Å². The first-order valence-corrected chi connectivity index (χ1v) is 43.9. The Kier molecular flexibility index (Phi) is 38.3. The lowest BCUT2D eigenvalue weighted by molar-refractivity contribution is 1.01. The van der Waals surface area contributed by atoms with Crippen LogP contribution in [0.2, 0.25) is 0 Å². The van der Waals surface area contributed by atoms with Gasteiger partial charge in [-0.1, -0.05) is 431 Å². The van der Waals surface area contributed by atoms with Crippen LogP contribution in [0, 0.1) is 6.92 Å². The van der Waals surface area contributed by atoms with Gasteiger partial charge in [-0.05, 0) is 136 Å². The van der Waals surface area contributed by atoms with Gasteiger partial charge in [0.25, 0.3) is 0 Å².